The molecule has 4 nitrogen and oxygen atoms in total. The lowest BCUT2D eigenvalue weighted by atomic mass is 10.1. The number of rotatable bonds is 6. The number of hydrogen-bond acceptors (Lipinski definition) is 3. The highest BCUT2D eigenvalue weighted by Crippen LogP contribution is 2.16. The molecular weight excluding hydrogens is 221 g/mol. The number of halogens is 1. The topological polar surface area (TPSA) is 67.2 Å². The summed E-state index contributed by atoms with van der Waals surface area (Å²) in [6, 6.07) is 3.98. The lowest BCUT2D eigenvalue weighted by Crippen LogP contribution is -2.24. The summed E-state index contributed by atoms with van der Waals surface area (Å²) >= 11 is 0. The Balaban J connectivity index is 2.73. The van der Waals surface area contributed by atoms with Gasteiger partial charge in [-0.05, 0) is 37.7 Å². The molecular formula is C12H18FN3O. The number of benzene rings is 1. The second-order valence-electron chi connectivity index (χ2n) is 4.10. The van der Waals surface area contributed by atoms with E-state index in [4.69, 9.17) is 5.73 Å². The molecule has 0 aliphatic heterocycles. The molecule has 5 heteroatoms. The van der Waals surface area contributed by atoms with Gasteiger partial charge in [0.25, 0.3) is 5.91 Å². The summed E-state index contributed by atoms with van der Waals surface area (Å²) in [4.78, 5) is 11.1. The van der Waals surface area contributed by atoms with E-state index in [0.717, 1.165) is 12.6 Å². The van der Waals surface area contributed by atoms with Gasteiger partial charge in [-0.3, -0.25) is 4.79 Å². The van der Waals surface area contributed by atoms with Gasteiger partial charge in [-0.15, -0.1) is 0 Å². The maximum atomic E-state index is 13.0. The molecule has 1 aromatic rings. The van der Waals surface area contributed by atoms with Crippen molar-refractivity contribution in [1.82, 2.24) is 5.32 Å². The summed E-state index contributed by atoms with van der Waals surface area (Å²) < 4.78 is 13.0. The Bertz CT molecular complexity index is 395. The second kappa shape index (κ2) is 6.20. The molecule has 4 N–H and O–H groups in total. The Morgan fingerprint density at radius 1 is 1.47 bits per heavy atom. The zero-order valence-electron chi connectivity index (χ0n) is 10.1. The van der Waals surface area contributed by atoms with Crippen LogP contribution in [0, 0.1) is 11.7 Å². The summed E-state index contributed by atoms with van der Waals surface area (Å²) in [6.07, 6.45) is 0. The van der Waals surface area contributed by atoms with E-state index >= 15 is 0 Å². The molecule has 1 amide bonds. The molecule has 0 bridgehead atoms. The third-order valence-corrected chi connectivity index (χ3v) is 2.44. The van der Waals surface area contributed by atoms with Crippen molar-refractivity contribution >= 4 is 11.6 Å². The van der Waals surface area contributed by atoms with Crippen molar-refractivity contribution in [2.75, 3.05) is 25.5 Å². The van der Waals surface area contributed by atoms with Crippen molar-refractivity contribution in [3.63, 3.8) is 0 Å². The first kappa shape index (κ1) is 13.4. The molecule has 0 aromatic heterocycles. The average Bonchev–Trinajstić information content (AvgIpc) is 2.27. The van der Waals surface area contributed by atoms with Crippen molar-refractivity contribution in [3.05, 3.63) is 29.6 Å². The molecule has 0 saturated heterocycles. The van der Waals surface area contributed by atoms with Crippen molar-refractivity contribution in [3.8, 4) is 0 Å². The predicted molar refractivity (Wildman–Crippen MR) is 66.5 cm³/mol. The number of carbonyl (C=O) groups is 1. The first-order valence-corrected chi connectivity index (χ1v) is 5.52. The summed E-state index contributed by atoms with van der Waals surface area (Å²) in [5.74, 6) is -0.702. The fraction of sp³-hybridized carbons (Fsp3) is 0.417. The molecule has 1 unspecified atom stereocenters. The fourth-order valence-electron chi connectivity index (χ4n) is 1.58. The van der Waals surface area contributed by atoms with E-state index in [1.54, 1.807) is 0 Å². The van der Waals surface area contributed by atoms with Crippen molar-refractivity contribution in [1.29, 1.82) is 0 Å². The molecule has 17 heavy (non-hydrogen) atoms. The normalized spacial score (nSPS) is 12.2. The van der Waals surface area contributed by atoms with Crippen LogP contribution in [0.3, 0.4) is 0 Å². The van der Waals surface area contributed by atoms with E-state index in [-0.39, 0.29) is 5.56 Å². The van der Waals surface area contributed by atoms with Crippen LogP contribution in [-0.4, -0.2) is 26.0 Å². The van der Waals surface area contributed by atoms with Crippen LogP contribution in [-0.2, 0) is 0 Å². The minimum Gasteiger partial charge on any atom is -0.384 e. The number of amides is 1. The fourth-order valence-corrected chi connectivity index (χ4v) is 1.58. The lowest BCUT2D eigenvalue weighted by Gasteiger charge is -2.14. The minimum atomic E-state index is -0.631. The Kier molecular flexibility index (Phi) is 4.90. The van der Waals surface area contributed by atoms with Gasteiger partial charge in [0.05, 0.1) is 5.56 Å². The van der Waals surface area contributed by atoms with E-state index in [1.807, 2.05) is 7.05 Å². The molecule has 0 spiro atoms. The van der Waals surface area contributed by atoms with Crippen LogP contribution in [0.5, 0.6) is 0 Å². The number of hydrogen-bond donors (Lipinski definition) is 3. The Hall–Kier alpha value is -1.62. The van der Waals surface area contributed by atoms with Crippen LogP contribution < -0.4 is 16.4 Å². The van der Waals surface area contributed by atoms with Gasteiger partial charge in [-0.25, -0.2) is 4.39 Å². The number of primary amides is 1. The van der Waals surface area contributed by atoms with Crippen LogP contribution in [0.1, 0.15) is 17.3 Å². The molecule has 1 aromatic carbocycles. The van der Waals surface area contributed by atoms with Crippen LogP contribution in [0.4, 0.5) is 10.1 Å². The van der Waals surface area contributed by atoms with Gasteiger partial charge >= 0.3 is 0 Å². The van der Waals surface area contributed by atoms with Crippen LogP contribution in [0.2, 0.25) is 0 Å². The first-order valence-electron chi connectivity index (χ1n) is 5.52. The maximum Gasteiger partial charge on any atom is 0.250 e. The summed E-state index contributed by atoms with van der Waals surface area (Å²) in [5, 5.41) is 6.16. The van der Waals surface area contributed by atoms with Gasteiger partial charge in [0.1, 0.15) is 5.82 Å². The second-order valence-corrected chi connectivity index (χ2v) is 4.10. The van der Waals surface area contributed by atoms with E-state index < -0.39 is 11.7 Å². The van der Waals surface area contributed by atoms with Gasteiger partial charge in [0.15, 0.2) is 0 Å². The number of carbonyl (C=O) groups excluding carboxylic acids is 1. The quantitative estimate of drug-likeness (QED) is 0.698. The summed E-state index contributed by atoms with van der Waals surface area (Å²) in [5.41, 5.74) is 5.94. The van der Waals surface area contributed by atoms with Crippen LogP contribution in [0.15, 0.2) is 18.2 Å². The monoisotopic (exact) mass is 239 g/mol. The lowest BCUT2D eigenvalue weighted by molar-refractivity contribution is 0.100. The van der Waals surface area contributed by atoms with Crippen molar-refractivity contribution in [2.45, 2.75) is 6.92 Å². The summed E-state index contributed by atoms with van der Waals surface area (Å²) in [6.45, 7) is 3.61. The Labute approximate surface area is 100 Å². The maximum absolute atomic E-state index is 13.0. The Morgan fingerprint density at radius 3 is 2.76 bits per heavy atom. The van der Waals surface area contributed by atoms with Gasteiger partial charge in [0.2, 0.25) is 0 Å². The van der Waals surface area contributed by atoms with Crippen LogP contribution >= 0.6 is 0 Å². The molecule has 0 aliphatic rings. The highest BCUT2D eigenvalue weighted by Gasteiger charge is 2.10. The molecule has 94 valence electrons. The smallest absolute Gasteiger partial charge is 0.250 e. The zero-order valence-corrected chi connectivity index (χ0v) is 10.1. The molecule has 0 saturated carbocycles. The molecule has 0 fully saturated rings. The average molecular weight is 239 g/mol. The standard InChI is InChI=1S/C12H18FN3O/c1-8(6-15-2)7-16-11-4-3-9(13)5-10(11)12(14)17/h3-5,8,15-16H,6-7H2,1-2H3,(H2,14,17). The van der Waals surface area contributed by atoms with E-state index in [1.165, 1.54) is 12.1 Å². The predicted octanol–water partition coefficient (Wildman–Crippen LogP) is 1.19. The zero-order chi connectivity index (χ0) is 12.8. The van der Waals surface area contributed by atoms with Crippen LogP contribution in [0.25, 0.3) is 0 Å². The molecule has 1 rings (SSSR count). The SMILES string of the molecule is CNCC(C)CNc1ccc(F)cc1C(N)=O. The van der Waals surface area contributed by atoms with Gasteiger partial charge in [-0.2, -0.15) is 0 Å². The van der Waals surface area contributed by atoms with E-state index in [0.29, 0.717) is 18.2 Å². The number of nitrogens with one attached hydrogen (secondary N) is 2. The largest absolute Gasteiger partial charge is 0.384 e. The molecule has 0 heterocycles. The van der Waals surface area contributed by atoms with Gasteiger partial charge in [0, 0.05) is 12.2 Å². The third kappa shape index (κ3) is 4.03. The van der Waals surface area contributed by atoms with Gasteiger partial charge < -0.3 is 16.4 Å². The molecule has 0 radical (unpaired) electrons. The van der Waals surface area contributed by atoms with Crippen molar-refractivity contribution < 1.29 is 9.18 Å². The van der Waals surface area contributed by atoms with E-state index in [2.05, 4.69) is 17.6 Å². The van der Waals surface area contributed by atoms with E-state index in [9.17, 15) is 9.18 Å². The third-order valence-electron chi connectivity index (χ3n) is 2.44. The Morgan fingerprint density at radius 2 is 2.18 bits per heavy atom. The highest BCUT2D eigenvalue weighted by molar-refractivity contribution is 5.98. The van der Waals surface area contributed by atoms with Gasteiger partial charge in [-0.1, -0.05) is 6.92 Å². The summed E-state index contributed by atoms with van der Waals surface area (Å²) in [7, 11) is 1.88. The van der Waals surface area contributed by atoms with Crippen molar-refractivity contribution in [2.24, 2.45) is 11.7 Å². The number of nitrogens with two attached hydrogens (primary N) is 1. The first-order chi connectivity index (χ1) is 8.04. The molecule has 0 aliphatic carbocycles. The number of anilines is 1. The molecule has 1 atom stereocenters. The highest BCUT2D eigenvalue weighted by atomic mass is 19.1. The minimum absolute atomic E-state index is 0.182.